The molecule has 0 atom stereocenters. The lowest BCUT2D eigenvalue weighted by atomic mass is 9.88. The summed E-state index contributed by atoms with van der Waals surface area (Å²) in [5.41, 5.74) is -0.789. The van der Waals surface area contributed by atoms with E-state index in [2.05, 4.69) is 13.2 Å². The van der Waals surface area contributed by atoms with Crippen LogP contribution in [0.1, 0.15) is 20.3 Å². The Labute approximate surface area is 118 Å². The molecule has 0 saturated carbocycles. The van der Waals surface area contributed by atoms with Gasteiger partial charge in [-0.2, -0.15) is 0 Å². The summed E-state index contributed by atoms with van der Waals surface area (Å²) in [6.45, 7) is 9.54. The highest BCUT2D eigenvalue weighted by molar-refractivity contribution is 5.81. The van der Waals surface area contributed by atoms with Crippen LogP contribution < -0.4 is 0 Å². The van der Waals surface area contributed by atoms with Crippen LogP contribution in [-0.2, 0) is 28.6 Å². The zero-order valence-corrected chi connectivity index (χ0v) is 11.8. The maximum Gasteiger partial charge on any atom is 0.330 e. The fourth-order valence-corrected chi connectivity index (χ4v) is 1.25. The number of carbonyl (C=O) groups excluding carboxylic acids is 3. The van der Waals surface area contributed by atoms with Gasteiger partial charge in [-0.05, 0) is 6.42 Å². The van der Waals surface area contributed by atoms with Crippen LogP contribution in [0.25, 0.3) is 0 Å². The predicted molar refractivity (Wildman–Crippen MR) is 71.7 cm³/mol. The molecule has 0 rings (SSSR count). The molecule has 0 aromatic carbocycles. The maximum atomic E-state index is 11.1. The van der Waals surface area contributed by atoms with Crippen molar-refractivity contribution in [1.29, 1.82) is 0 Å². The quantitative estimate of drug-likeness (QED) is 0.362. The Kier molecular flexibility index (Phi) is 7.96. The van der Waals surface area contributed by atoms with E-state index < -0.39 is 23.3 Å². The molecule has 0 heterocycles. The maximum absolute atomic E-state index is 11.1. The lowest BCUT2D eigenvalue weighted by Gasteiger charge is -2.30. The van der Waals surface area contributed by atoms with Crippen LogP contribution in [0.4, 0.5) is 0 Å². The van der Waals surface area contributed by atoms with Crippen molar-refractivity contribution in [3.63, 3.8) is 0 Å². The number of carbonyl (C=O) groups is 3. The van der Waals surface area contributed by atoms with Gasteiger partial charge in [0.25, 0.3) is 0 Å². The molecule has 0 radical (unpaired) electrons. The van der Waals surface area contributed by atoms with Crippen LogP contribution in [0.5, 0.6) is 0 Å². The van der Waals surface area contributed by atoms with E-state index in [4.69, 9.17) is 14.2 Å². The average Bonchev–Trinajstić information content (AvgIpc) is 2.46. The Hall–Kier alpha value is -2.11. The van der Waals surface area contributed by atoms with Crippen molar-refractivity contribution in [3.05, 3.63) is 25.3 Å². The van der Waals surface area contributed by atoms with Crippen LogP contribution in [0.15, 0.2) is 25.3 Å². The van der Waals surface area contributed by atoms with Crippen molar-refractivity contribution in [2.24, 2.45) is 5.41 Å². The van der Waals surface area contributed by atoms with E-state index in [0.717, 1.165) is 12.2 Å². The minimum Gasteiger partial charge on any atom is -0.465 e. The van der Waals surface area contributed by atoms with Gasteiger partial charge in [0.2, 0.25) is 0 Å². The summed E-state index contributed by atoms with van der Waals surface area (Å²) in [6, 6.07) is 0. The van der Waals surface area contributed by atoms with Gasteiger partial charge in [0.1, 0.15) is 19.8 Å². The second-order valence-corrected chi connectivity index (χ2v) is 4.26. The molecule has 0 saturated heterocycles. The molecule has 0 bridgehead atoms. The SMILES string of the molecule is C=CC(=O)OCC(CC)(COC(C)=O)COC(=O)C=C. The topological polar surface area (TPSA) is 78.9 Å². The zero-order valence-electron chi connectivity index (χ0n) is 11.8. The zero-order chi connectivity index (χ0) is 15.6. The third kappa shape index (κ3) is 6.72. The van der Waals surface area contributed by atoms with Gasteiger partial charge >= 0.3 is 17.9 Å². The first kappa shape index (κ1) is 17.9. The van der Waals surface area contributed by atoms with E-state index in [9.17, 15) is 14.4 Å². The Morgan fingerprint density at radius 1 is 0.950 bits per heavy atom. The Morgan fingerprint density at radius 3 is 1.65 bits per heavy atom. The minimum absolute atomic E-state index is 0.0202. The summed E-state index contributed by atoms with van der Waals surface area (Å²) in [5.74, 6) is -1.66. The Bertz CT molecular complexity index is 361. The first-order valence-corrected chi connectivity index (χ1v) is 6.11. The highest BCUT2D eigenvalue weighted by Gasteiger charge is 2.33. The van der Waals surface area contributed by atoms with E-state index in [1.807, 2.05) is 6.92 Å². The molecule has 6 heteroatoms. The molecule has 0 spiro atoms. The molecular weight excluding hydrogens is 264 g/mol. The first-order valence-electron chi connectivity index (χ1n) is 6.11. The highest BCUT2D eigenvalue weighted by Crippen LogP contribution is 2.24. The summed E-state index contributed by atoms with van der Waals surface area (Å²) in [6.07, 6.45) is 2.54. The monoisotopic (exact) mass is 284 g/mol. The Balaban J connectivity index is 4.79. The molecule has 0 aliphatic rings. The van der Waals surface area contributed by atoms with E-state index in [-0.39, 0.29) is 19.8 Å². The molecule has 0 aromatic rings. The van der Waals surface area contributed by atoms with E-state index in [1.165, 1.54) is 6.92 Å². The van der Waals surface area contributed by atoms with Gasteiger partial charge in [-0.3, -0.25) is 4.79 Å². The van der Waals surface area contributed by atoms with Crippen LogP contribution in [0.2, 0.25) is 0 Å². The minimum atomic E-state index is -0.789. The van der Waals surface area contributed by atoms with Gasteiger partial charge in [-0.1, -0.05) is 20.1 Å². The molecule has 0 aromatic heterocycles. The van der Waals surface area contributed by atoms with Crippen LogP contribution >= 0.6 is 0 Å². The van der Waals surface area contributed by atoms with Gasteiger partial charge < -0.3 is 14.2 Å². The average molecular weight is 284 g/mol. The van der Waals surface area contributed by atoms with Crippen molar-refractivity contribution in [2.75, 3.05) is 19.8 Å². The van der Waals surface area contributed by atoms with Crippen molar-refractivity contribution in [2.45, 2.75) is 20.3 Å². The second kappa shape index (κ2) is 8.90. The molecule has 0 N–H and O–H groups in total. The highest BCUT2D eigenvalue weighted by atomic mass is 16.6. The summed E-state index contributed by atoms with van der Waals surface area (Å²) >= 11 is 0. The molecule has 0 fully saturated rings. The van der Waals surface area contributed by atoms with Crippen LogP contribution in [-0.4, -0.2) is 37.7 Å². The molecule has 0 aliphatic heterocycles. The second-order valence-electron chi connectivity index (χ2n) is 4.26. The first-order chi connectivity index (χ1) is 9.39. The molecule has 20 heavy (non-hydrogen) atoms. The lowest BCUT2D eigenvalue weighted by molar-refractivity contribution is -0.157. The van der Waals surface area contributed by atoms with E-state index in [1.54, 1.807) is 0 Å². The lowest BCUT2D eigenvalue weighted by Crippen LogP contribution is -2.38. The van der Waals surface area contributed by atoms with Gasteiger partial charge in [0.15, 0.2) is 0 Å². The van der Waals surface area contributed by atoms with E-state index >= 15 is 0 Å². The van der Waals surface area contributed by atoms with Crippen LogP contribution in [0.3, 0.4) is 0 Å². The number of esters is 3. The molecule has 112 valence electrons. The van der Waals surface area contributed by atoms with Gasteiger partial charge in [0, 0.05) is 19.1 Å². The van der Waals surface area contributed by atoms with Gasteiger partial charge in [-0.15, -0.1) is 0 Å². The smallest absolute Gasteiger partial charge is 0.330 e. The van der Waals surface area contributed by atoms with Crippen molar-refractivity contribution in [3.8, 4) is 0 Å². The molecular formula is C14H20O6. The van der Waals surface area contributed by atoms with Gasteiger partial charge in [0.05, 0.1) is 5.41 Å². The largest absolute Gasteiger partial charge is 0.465 e. The van der Waals surface area contributed by atoms with Crippen molar-refractivity contribution < 1.29 is 28.6 Å². The Morgan fingerprint density at radius 2 is 1.35 bits per heavy atom. The molecule has 0 aliphatic carbocycles. The molecule has 0 unspecified atom stereocenters. The van der Waals surface area contributed by atoms with Crippen LogP contribution in [0, 0.1) is 5.41 Å². The summed E-state index contributed by atoms with van der Waals surface area (Å²) < 4.78 is 14.9. The molecule has 0 amide bonds. The normalized spacial score (nSPS) is 10.3. The number of hydrogen-bond acceptors (Lipinski definition) is 6. The third-order valence-corrected chi connectivity index (χ3v) is 2.71. The number of ether oxygens (including phenoxy) is 3. The standard InChI is InChI=1S/C14H20O6/c1-5-12(16)19-9-14(7-3,8-18-11(4)15)10-20-13(17)6-2/h5-6H,1-2,7-10H2,3-4H3. The van der Waals surface area contributed by atoms with Crippen molar-refractivity contribution >= 4 is 17.9 Å². The number of rotatable bonds is 9. The number of hydrogen-bond donors (Lipinski definition) is 0. The van der Waals surface area contributed by atoms with E-state index in [0.29, 0.717) is 6.42 Å². The predicted octanol–water partition coefficient (Wildman–Crippen LogP) is 1.40. The van der Waals surface area contributed by atoms with Gasteiger partial charge in [-0.25, -0.2) is 9.59 Å². The molecule has 6 nitrogen and oxygen atoms in total. The fraction of sp³-hybridized carbons (Fsp3) is 0.500. The summed E-state index contributed by atoms with van der Waals surface area (Å²) in [5, 5.41) is 0. The van der Waals surface area contributed by atoms with Crippen molar-refractivity contribution in [1.82, 2.24) is 0 Å². The summed E-state index contributed by atoms with van der Waals surface area (Å²) in [7, 11) is 0. The summed E-state index contributed by atoms with van der Waals surface area (Å²) in [4.78, 5) is 33.2. The third-order valence-electron chi connectivity index (χ3n) is 2.71. The fourth-order valence-electron chi connectivity index (χ4n) is 1.25.